The maximum absolute atomic E-state index is 4.65. The summed E-state index contributed by atoms with van der Waals surface area (Å²) in [6, 6.07) is 0.695. The molecule has 1 aromatic rings. The van der Waals surface area contributed by atoms with E-state index in [0.29, 0.717) is 6.04 Å². The van der Waals surface area contributed by atoms with Crippen LogP contribution in [0.25, 0.3) is 0 Å². The molecule has 0 saturated carbocycles. The zero-order valence-corrected chi connectivity index (χ0v) is 12.5. The van der Waals surface area contributed by atoms with Gasteiger partial charge in [-0.3, -0.25) is 0 Å². The number of aryl methyl sites for hydroxylation is 1. The number of hydrogen-bond donors (Lipinski definition) is 1. The Kier molecular flexibility index (Phi) is 4.71. The van der Waals surface area contributed by atoms with E-state index in [9.17, 15) is 0 Å². The summed E-state index contributed by atoms with van der Waals surface area (Å²) in [6.07, 6.45) is 4.33. The van der Waals surface area contributed by atoms with E-state index in [4.69, 9.17) is 0 Å². The molecule has 1 N–H and O–H groups in total. The second-order valence-corrected chi connectivity index (χ2v) is 5.49. The lowest BCUT2D eigenvalue weighted by Crippen LogP contribution is -2.42. The van der Waals surface area contributed by atoms with Crippen LogP contribution in [0.1, 0.15) is 24.1 Å². The second kappa shape index (κ2) is 6.30. The summed E-state index contributed by atoms with van der Waals surface area (Å²) >= 11 is 0. The van der Waals surface area contributed by atoms with Gasteiger partial charge in [-0.2, -0.15) is 0 Å². The van der Waals surface area contributed by atoms with E-state index >= 15 is 0 Å². The molecule has 19 heavy (non-hydrogen) atoms. The number of anilines is 1. The van der Waals surface area contributed by atoms with Crippen LogP contribution in [0, 0.1) is 6.92 Å². The first-order valence-electron chi connectivity index (χ1n) is 7.00. The Morgan fingerprint density at radius 1 is 1.37 bits per heavy atom. The van der Waals surface area contributed by atoms with Crippen molar-refractivity contribution >= 4 is 5.95 Å². The first kappa shape index (κ1) is 14.2. The van der Waals surface area contributed by atoms with Gasteiger partial charge in [0.25, 0.3) is 0 Å². The quantitative estimate of drug-likeness (QED) is 0.879. The highest BCUT2D eigenvalue weighted by atomic mass is 15.3. The van der Waals surface area contributed by atoms with E-state index < -0.39 is 0 Å². The Labute approximate surface area is 116 Å². The minimum atomic E-state index is 0.695. The van der Waals surface area contributed by atoms with Crippen molar-refractivity contribution in [1.29, 1.82) is 0 Å². The maximum atomic E-state index is 4.65. The average Bonchev–Trinajstić information content (AvgIpc) is 2.41. The number of nitrogens with zero attached hydrogens (tertiary/aromatic N) is 4. The molecular formula is C14H25N5. The SMILES string of the molecule is CNCc1cnc(N2CCC(N(C)C)CC2)nc1C. The molecule has 5 heteroatoms. The number of piperidine rings is 1. The number of hydrogen-bond acceptors (Lipinski definition) is 5. The fourth-order valence-corrected chi connectivity index (χ4v) is 2.58. The molecule has 5 nitrogen and oxygen atoms in total. The van der Waals surface area contributed by atoms with Crippen LogP contribution in [0.2, 0.25) is 0 Å². The summed E-state index contributed by atoms with van der Waals surface area (Å²) in [6.45, 7) is 4.99. The lowest BCUT2D eigenvalue weighted by Gasteiger charge is -2.35. The van der Waals surface area contributed by atoms with E-state index in [1.807, 2.05) is 13.2 Å². The summed E-state index contributed by atoms with van der Waals surface area (Å²) in [4.78, 5) is 13.8. The molecule has 1 aromatic heterocycles. The van der Waals surface area contributed by atoms with Crippen molar-refractivity contribution in [3.8, 4) is 0 Å². The topological polar surface area (TPSA) is 44.3 Å². The third-order valence-corrected chi connectivity index (χ3v) is 3.91. The van der Waals surface area contributed by atoms with Gasteiger partial charge in [0.1, 0.15) is 0 Å². The Morgan fingerprint density at radius 2 is 2.05 bits per heavy atom. The van der Waals surface area contributed by atoms with Gasteiger partial charge < -0.3 is 15.1 Å². The van der Waals surface area contributed by atoms with Crippen LogP contribution in [0.15, 0.2) is 6.20 Å². The van der Waals surface area contributed by atoms with Gasteiger partial charge in [-0.1, -0.05) is 0 Å². The predicted molar refractivity (Wildman–Crippen MR) is 78.5 cm³/mol. The maximum Gasteiger partial charge on any atom is 0.225 e. The van der Waals surface area contributed by atoms with Gasteiger partial charge >= 0.3 is 0 Å². The highest BCUT2D eigenvalue weighted by Crippen LogP contribution is 2.19. The molecule has 0 unspecified atom stereocenters. The molecule has 0 radical (unpaired) electrons. The van der Waals surface area contributed by atoms with Crippen molar-refractivity contribution in [2.24, 2.45) is 0 Å². The summed E-state index contributed by atoms with van der Waals surface area (Å²) < 4.78 is 0. The standard InChI is InChI=1S/C14H25N5/c1-11-12(9-15-2)10-16-14(17-11)19-7-5-13(6-8-19)18(3)4/h10,13,15H,5-9H2,1-4H3. The normalized spacial score (nSPS) is 17.2. The van der Waals surface area contributed by atoms with Crippen LogP contribution in [0.4, 0.5) is 5.95 Å². The first-order chi connectivity index (χ1) is 9.11. The lowest BCUT2D eigenvalue weighted by atomic mass is 10.0. The summed E-state index contributed by atoms with van der Waals surface area (Å²) in [5.41, 5.74) is 2.25. The lowest BCUT2D eigenvalue weighted by molar-refractivity contribution is 0.249. The number of nitrogens with one attached hydrogen (secondary N) is 1. The van der Waals surface area contributed by atoms with Crippen LogP contribution < -0.4 is 10.2 Å². The molecule has 0 atom stereocenters. The van der Waals surface area contributed by atoms with Gasteiger partial charge in [0.15, 0.2) is 0 Å². The Bertz CT molecular complexity index is 410. The highest BCUT2D eigenvalue weighted by molar-refractivity contribution is 5.33. The second-order valence-electron chi connectivity index (χ2n) is 5.49. The largest absolute Gasteiger partial charge is 0.341 e. The first-order valence-corrected chi connectivity index (χ1v) is 7.00. The molecule has 2 rings (SSSR count). The van der Waals surface area contributed by atoms with Gasteiger partial charge in [0, 0.05) is 43.1 Å². The van der Waals surface area contributed by atoms with Gasteiger partial charge in [-0.05, 0) is 40.9 Å². The van der Waals surface area contributed by atoms with Crippen LogP contribution in [0.3, 0.4) is 0 Å². The third kappa shape index (κ3) is 3.42. The number of rotatable bonds is 4. The zero-order valence-electron chi connectivity index (χ0n) is 12.5. The fraction of sp³-hybridized carbons (Fsp3) is 0.714. The molecule has 1 fully saturated rings. The summed E-state index contributed by atoms with van der Waals surface area (Å²) in [5.74, 6) is 0.884. The van der Waals surface area contributed by atoms with Crippen LogP contribution >= 0.6 is 0 Å². The van der Waals surface area contributed by atoms with E-state index in [1.54, 1.807) is 0 Å². The minimum Gasteiger partial charge on any atom is -0.341 e. The molecule has 0 aliphatic carbocycles. The van der Waals surface area contributed by atoms with Gasteiger partial charge in [0.05, 0.1) is 0 Å². The molecule has 0 bridgehead atoms. The molecule has 1 aliphatic heterocycles. The van der Waals surface area contributed by atoms with Crippen LogP contribution in [-0.2, 0) is 6.54 Å². The van der Waals surface area contributed by atoms with E-state index in [0.717, 1.165) is 31.3 Å². The minimum absolute atomic E-state index is 0.695. The Balaban J connectivity index is 2.01. The smallest absolute Gasteiger partial charge is 0.225 e. The monoisotopic (exact) mass is 263 g/mol. The molecule has 0 aromatic carbocycles. The average molecular weight is 263 g/mol. The molecular weight excluding hydrogens is 238 g/mol. The van der Waals surface area contributed by atoms with E-state index in [2.05, 4.69) is 46.1 Å². The zero-order chi connectivity index (χ0) is 13.8. The van der Waals surface area contributed by atoms with E-state index in [-0.39, 0.29) is 0 Å². The van der Waals surface area contributed by atoms with Crippen LogP contribution in [-0.4, -0.2) is 55.1 Å². The summed E-state index contributed by atoms with van der Waals surface area (Å²) in [5, 5.41) is 3.14. The van der Waals surface area contributed by atoms with Crippen LogP contribution in [0.5, 0.6) is 0 Å². The highest BCUT2D eigenvalue weighted by Gasteiger charge is 2.22. The molecule has 0 amide bonds. The Hall–Kier alpha value is -1.20. The van der Waals surface area contributed by atoms with Gasteiger partial charge in [-0.15, -0.1) is 0 Å². The van der Waals surface area contributed by atoms with Gasteiger partial charge in [-0.25, -0.2) is 9.97 Å². The molecule has 2 heterocycles. The predicted octanol–water partition coefficient (Wildman–Crippen LogP) is 1.03. The van der Waals surface area contributed by atoms with Crippen molar-refractivity contribution < 1.29 is 0 Å². The molecule has 1 aliphatic rings. The number of aromatic nitrogens is 2. The van der Waals surface area contributed by atoms with Crippen molar-refractivity contribution in [2.45, 2.75) is 32.4 Å². The Morgan fingerprint density at radius 3 is 2.58 bits per heavy atom. The fourth-order valence-electron chi connectivity index (χ4n) is 2.58. The van der Waals surface area contributed by atoms with Crippen molar-refractivity contribution in [2.75, 3.05) is 39.1 Å². The van der Waals surface area contributed by atoms with E-state index in [1.165, 1.54) is 18.4 Å². The third-order valence-electron chi connectivity index (χ3n) is 3.91. The van der Waals surface area contributed by atoms with Crippen molar-refractivity contribution in [3.63, 3.8) is 0 Å². The molecule has 0 spiro atoms. The molecule has 106 valence electrons. The summed E-state index contributed by atoms with van der Waals surface area (Å²) in [7, 11) is 6.26. The van der Waals surface area contributed by atoms with Gasteiger partial charge in [0.2, 0.25) is 5.95 Å². The van der Waals surface area contributed by atoms with Crippen molar-refractivity contribution in [1.82, 2.24) is 20.2 Å². The van der Waals surface area contributed by atoms with Crippen molar-refractivity contribution in [3.05, 3.63) is 17.5 Å². The molecule has 1 saturated heterocycles.